The summed E-state index contributed by atoms with van der Waals surface area (Å²) >= 11 is 5.25. The maximum absolute atomic E-state index is 5.25. The molecule has 19 heavy (non-hydrogen) atoms. The fourth-order valence-corrected chi connectivity index (χ4v) is 1.80. The van der Waals surface area contributed by atoms with Gasteiger partial charge in [-0.05, 0) is 42.9 Å². The maximum Gasteiger partial charge on any atom is 0.176 e. The minimum Gasteiger partial charge on any atom is -0.497 e. The fourth-order valence-electron chi connectivity index (χ4n) is 1.59. The standard InChI is InChI=1S/C14H15N3OS/c1-10-5-4-8-15-13(10)17-14(19)16-11-6-3-7-12(9-11)18-2/h3-9H,1-2H3,(H2,15,16,17,19). The van der Waals surface area contributed by atoms with E-state index in [0.717, 1.165) is 22.8 Å². The van der Waals surface area contributed by atoms with Crippen molar-refractivity contribution in [2.75, 3.05) is 17.7 Å². The zero-order chi connectivity index (χ0) is 13.7. The number of methoxy groups -OCH3 is 1. The Morgan fingerprint density at radius 2 is 2.05 bits per heavy atom. The van der Waals surface area contributed by atoms with Gasteiger partial charge in [0.15, 0.2) is 5.11 Å². The van der Waals surface area contributed by atoms with Crippen LogP contribution in [0.4, 0.5) is 11.5 Å². The van der Waals surface area contributed by atoms with Gasteiger partial charge < -0.3 is 15.4 Å². The van der Waals surface area contributed by atoms with Crippen LogP contribution in [0, 0.1) is 6.92 Å². The zero-order valence-corrected chi connectivity index (χ0v) is 11.6. The van der Waals surface area contributed by atoms with Crippen molar-refractivity contribution >= 4 is 28.8 Å². The van der Waals surface area contributed by atoms with Gasteiger partial charge in [-0.2, -0.15) is 0 Å². The molecule has 0 radical (unpaired) electrons. The van der Waals surface area contributed by atoms with E-state index in [1.165, 1.54) is 0 Å². The molecular weight excluding hydrogens is 258 g/mol. The molecule has 2 aromatic rings. The van der Waals surface area contributed by atoms with Crippen LogP contribution in [0.15, 0.2) is 42.6 Å². The summed E-state index contributed by atoms with van der Waals surface area (Å²) in [5.74, 6) is 1.53. The number of hydrogen-bond donors (Lipinski definition) is 2. The lowest BCUT2D eigenvalue weighted by atomic mass is 10.3. The summed E-state index contributed by atoms with van der Waals surface area (Å²) in [6.07, 6.45) is 1.73. The number of rotatable bonds is 3. The molecule has 5 heteroatoms. The molecule has 0 aliphatic heterocycles. The van der Waals surface area contributed by atoms with Crippen LogP contribution in [-0.4, -0.2) is 17.2 Å². The Morgan fingerprint density at radius 1 is 1.21 bits per heavy atom. The van der Waals surface area contributed by atoms with Crippen LogP contribution >= 0.6 is 12.2 Å². The molecule has 4 nitrogen and oxygen atoms in total. The Balaban J connectivity index is 2.03. The van der Waals surface area contributed by atoms with E-state index in [-0.39, 0.29) is 0 Å². The van der Waals surface area contributed by atoms with E-state index in [4.69, 9.17) is 17.0 Å². The number of pyridine rings is 1. The molecule has 0 atom stereocenters. The molecule has 0 saturated carbocycles. The highest BCUT2D eigenvalue weighted by atomic mass is 32.1. The van der Waals surface area contributed by atoms with Crippen molar-refractivity contribution in [3.05, 3.63) is 48.2 Å². The van der Waals surface area contributed by atoms with E-state index in [2.05, 4.69) is 15.6 Å². The molecule has 98 valence electrons. The number of aryl methyl sites for hydroxylation is 1. The first-order valence-electron chi connectivity index (χ1n) is 5.83. The molecule has 0 amide bonds. The number of nitrogens with one attached hydrogen (secondary N) is 2. The number of nitrogens with zero attached hydrogens (tertiary/aromatic N) is 1. The van der Waals surface area contributed by atoms with E-state index < -0.39 is 0 Å². The SMILES string of the molecule is COc1cccc(NC(=S)Nc2ncccc2C)c1. The molecule has 1 heterocycles. The monoisotopic (exact) mass is 273 g/mol. The van der Waals surface area contributed by atoms with Gasteiger partial charge in [-0.3, -0.25) is 0 Å². The van der Waals surface area contributed by atoms with Crippen LogP contribution in [0.1, 0.15) is 5.56 Å². The van der Waals surface area contributed by atoms with Gasteiger partial charge in [0.25, 0.3) is 0 Å². The number of hydrogen-bond acceptors (Lipinski definition) is 3. The Labute approximate surface area is 117 Å². The summed E-state index contributed by atoms with van der Waals surface area (Å²) in [6, 6.07) is 11.4. The third-order valence-corrected chi connectivity index (χ3v) is 2.77. The Bertz CT molecular complexity index is 586. The molecule has 0 bridgehead atoms. The first kappa shape index (κ1) is 13.3. The molecule has 0 aliphatic carbocycles. The molecule has 2 N–H and O–H groups in total. The van der Waals surface area contributed by atoms with Gasteiger partial charge in [-0.15, -0.1) is 0 Å². The topological polar surface area (TPSA) is 46.2 Å². The van der Waals surface area contributed by atoms with Crippen LogP contribution < -0.4 is 15.4 Å². The lowest BCUT2D eigenvalue weighted by molar-refractivity contribution is 0.415. The summed E-state index contributed by atoms with van der Waals surface area (Å²) in [4.78, 5) is 4.23. The van der Waals surface area contributed by atoms with Gasteiger partial charge in [-0.1, -0.05) is 12.1 Å². The summed E-state index contributed by atoms with van der Waals surface area (Å²) in [7, 11) is 1.63. The second-order valence-corrected chi connectivity index (χ2v) is 4.39. The van der Waals surface area contributed by atoms with Crippen LogP contribution in [0.5, 0.6) is 5.75 Å². The summed E-state index contributed by atoms with van der Waals surface area (Å²) in [5.41, 5.74) is 1.91. The molecule has 2 rings (SSSR count). The molecule has 0 fully saturated rings. The summed E-state index contributed by atoms with van der Waals surface area (Å²) < 4.78 is 5.16. The molecule has 0 aliphatic rings. The van der Waals surface area contributed by atoms with Crippen molar-refractivity contribution in [2.24, 2.45) is 0 Å². The van der Waals surface area contributed by atoms with Crippen LogP contribution in [0.3, 0.4) is 0 Å². The van der Waals surface area contributed by atoms with Crippen LogP contribution in [0.2, 0.25) is 0 Å². The highest BCUT2D eigenvalue weighted by Crippen LogP contribution is 2.17. The average molecular weight is 273 g/mol. The quantitative estimate of drug-likeness (QED) is 0.841. The smallest absolute Gasteiger partial charge is 0.176 e. The molecule has 0 unspecified atom stereocenters. The van der Waals surface area contributed by atoms with Crippen molar-refractivity contribution in [2.45, 2.75) is 6.92 Å². The Morgan fingerprint density at radius 3 is 2.79 bits per heavy atom. The van der Waals surface area contributed by atoms with Gasteiger partial charge in [-0.25, -0.2) is 4.98 Å². The molecule has 1 aromatic heterocycles. The molecule has 1 aromatic carbocycles. The van der Waals surface area contributed by atoms with E-state index in [9.17, 15) is 0 Å². The first-order chi connectivity index (χ1) is 9.19. The predicted octanol–water partition coefficient (Wildman–Crippen LogP) is 3.21. The maximum atomic E-state index is 5.25. The van der Waals surface area contributed by atoms with E-state index in [0.29, 0.717) is 5.11 Å². The first-order valence-corrected chi connectivity index (χ1v) is 6.23. The highest BCUT2D eigenvalue weighted by Gasteiger charge is 2.02. The average Bonchev–Trinajstić information content (AvgIpc) is 2.41. The number of ether oxygens (including phenoxy) is 1. The minimum absolute atomic E-state index is 0.495. The largest absolute Gasteiger partial charge is 0.497 e. The van der Waals surface area contributed by atoms with E-state index >= 15 is 0 Å². The predicted molar refractivity (Wildman–Crippen MR) is 81.8 cm³/mol. The molecular formula is C14H15N3OS. The number of anilines is 2. The van der Waals surface area contributed by atoms with Gasteiger partial charge in [0, 0.05) is 18.0 Å². The second-order valence-electron chi connectivity index (χ2n) is 3.98. The minimum atomic E-state index is 0.495. The van der Waals surface area contributed by atoms with Gasteiger partial charge in [0.1, 0.15) is 11.6 Å². The lowest BCUT2D eigenvalue weighted by Gasteiger charge is -2.12. The van der Waals surface area contributed by atoms with Crippen molar-refractivity contribution in [1.29, 1.82) is 0 Å². The number of thiocarbonyl (C=S) groups is 1. The van der Waals surface area contributed by atoms with E-state index in [1.807, 2.05) is 43.3 Å². The van der Waals surface area contributed by atoms with Crippen molar-refractivity contribution < 1.29 is 4.74 Å². The number of aromatic nitrogens is 1. The summed E-state index contributed by atoms with van der Waals surface area (Å²) in [5, 5.41) is 6.65. The van der Waals surface area contributed by atoms with E-state index in [1.54, 1.807) is 13.3 Å². The van der Waals surface area contributed by atoms with Gasteiger partial charge in [0.2, 0.25) is 0 Å². The van der Waals surface area contributed by atoms with Crippen LogP contribution in [-0.2, 0) is 0 Å². The van der Waals surface area contributed by atoms with Gasteiger partial charge >= 0.3 is 0 Å². The van der Waals surface area contributed by atoms with Gasteiger partial charge in [0.05, 0.1) is 7.11 Å². The van der Waals surface area contributed by atoms with Crippen LogP contribution in [0.25, 0.3) is 0 Å². The zero-order valence-electron chi connectivity index (χ0n) is 10.8. The van der Waals surface area contributed by atoms with Crippen molar-refractivity contribution in [3.63, 3.8) is 0 Å². The Kier molecular flexibility index (Phi) is 4.30. The molecule has 0 saturated heterocycles. The van der Waals surface area contributed by atoms with Crippen molar-refractivity contribution in [3.8, 4) is 5.75 Å². The third kappa shape index (κ3) is 3.66. The normalized spacial score (nSPS) is 9.79. The fraction of sp³-hybridized carbons (Fsp3) is 0.143. The molecule has 0 spiro atoms. The highest BCUT2D eigenvalue weighted by molar-refractivity contribution is 7.80. The van der Waals surface area contributed by atoms with Crippen molar-refractivity contribution in [1.82, 2.24) is 4.98 Å². The third-order valence-electron chi connectivity index (χ3n) is 2.57. The lowest BCUT2D eigenvalue weighted by Crippen LogP contribution is -2.20. The second kappa shape index (κ2) is 6.15. The Hall–Kier alpha value is -2.14. The number of benzene rings is 1. The summed E-state index contributed by atoms with van der Waals surface area (Å²) in [6.45, 7) is 1.98.